The number of carboxylic acid groups (broad SMARTS) is 1. The van der Waals surface area contributed by atoms with Gasteiger partial charge in [-0.15, -0.1) is 0 Å². The quantitative estimate of drug-likeness (QED) is 0.586. The van der Waals surface area contributed by atoms with E-state index in [4.69, 9.17) is 22.1 Å². The Balaban J connectivity index is 1.76. The minimum atomic E-state index is -1.04. The molecule has 138 valence electrons. The summed E-state index contributed by atoms with van der Waals surface area (Å²) < 4.78 is 5.89. The molecule has 27 heavy (non-hydrogen) atoms. The van der Waals surface area contributed by atoms with Crippen molar-refractivity contribution >= 4 is 46.3 Å². The molecule has 0 saturated carbocycles. The van der Waals surface area contributed by atoms with Crippen LogP contribution in [0.15, 0.2) is 59.5 Å². The Labute approximate surface area is 166 Å². The minimum absolute atomic E-state index is 0.140. The number of thiocarbonyl (C=S) groups is 1. The lowest BCUT2D eigenvalue weighted by Gasteiger charge is -2.14. The third kappa shape index (κ3) is 4.75. The highest BCUT2D eigenvalue weighted by Gasteiger charge is 2.31. The van der Waals surface area contributed by atoms with Gasteiger partial charge in [-0.1, -0.05) is 66.4 Å². The van der Waals surface area contributed by atoms with E-state index in [1.807, 2.05) is 36.4 Å². The number of carbonyl (C=O) groups excluding carboxylic acids is 1. The zero-order valence-electron chi connectivity index (χ0n) is 14.5. The Morgan fingerprint density at radius 1 is 1.26 bits per heavy atom. The SMILES string of the molecule is CC(Oc1cccc(/C=C2/SC(=S)N(Cc3ccccc3)C2=O)c1)C(=O)O. The van der Waals surface area contributed by atoms with Crippen LogP contribution >= 0.6 is 24.0 Å². The number of hydrogen-bond donors (Lipinski definition) is 1. The van der Waals surface area contributed by atoms with Crippen molar-refractivity contribution in [2.24, 2.45) is 0 Å². The van der Waals surface area contributed by atoms with Crippen molar-refractivity contribution in [3.63, 3.8) is 0 Å². The van der Waals surface area contributed by atoms with E-state index in [0.29, 0.717) is 21.5 Å². The zero-order valence-corrected chi connectivity index (χ0v) is 16.1. The lowest BCUT2D eigenvalue weighted by atomic mass is 10.2. The summed E-state index contributed by atoms with van der Waals surface area (Å²) in [6.45, 7) is 1.89. The lowest BCUT2D eigenvalue weighted by Crippen LogP contribution is -2.27. The molecule has 0 aliphatic carbocycles. The Hall–Kier alpha value is -2.64. The van der Waals surface area contributed by atoms with Crippen molar-refractivity contribution in [2.45, 2.75) is 19.6 Å². The molecule has 5 nitrogen and oxygen atoms in total. The van der Waals surface area contributed by atoms with Crippen LogP contribution in [0.2, 0.25) is 0 Å². The number of benzene rings is 2. The van der Waals surface area contributed by atoms with Gasteiger partial charge < -0.3 is 9.84 Å². The summed E-state index contributed by atoms with van der Waals surface area (Å²) in [5, 5.41) is 8.95. The van der Waals surface area contributed by atoms with Gasteiger partial charge in [0.05, 0.1) is 11.4 Å². The summed E-state index contributed by atoms with van der Waals surface area (Å²) in [4.78, 5) is 25.7. The van der Waals surface area contributed by atoms with Crippen LogP contribution < -0.4 is 4.74 Å². The van der Waals surface area contributed by atoms with E-state index in [2.05, 4.69) is 0 Å². The van der Waals surface area contributed by atoms with E-state index >= 15 is 0 Å². The highest BCUT2D eigenvalue weighted by atomic mass is 32.2. The molecule has 0 spiro atoms. The summed E-state index contributed by atoms with van der Waals surface area (Å²) in [5.74, 6) is -0.750. The first-order valence-electron chi connectivity index (χ1n) is 8.23. The van der Waals surface area contributed by atoms with Gasteiger partial charge in [-0.25, -0.2) is 4.79 Å². The van der Waals surface area contributed by atoms with Gasteiger partial charge in [0.25, 0.3) is 5.91 Å². The molecule has 1 unspecified atom stereocenters. The Morgan fingerprint density at radius 3 is 2.70 bits per heavy atom. The number of nitrogens with zero attached hydrogens (tertiary/aromatic N) is 1. The highest BCUT2D eigenvalue weighted by molar-refractivity contribution is 8.26. The standard InChI is InChI=1S/C20H17NO4S2/c1-13(19(23)24)25-16-9-5-8-15(10-16)11-17-18(22)21(20(26)27-17)12-14-6-3-2-4-7-14/h2-11,13H,12H2,1H3,(H,23,24)/b17-11+. The summed E-state index contributed by atoms with van der Waals surface area (Å²) in [5.41, 5.74) is 1.75. The number of hydrogen-bond acceptors (Lipinski definition) is 5. The smallest absolute Gasteiger partial charge is 0.344 e. The third-order valence-electron chi connectivity index (χ3n) is 3.87. The second kappa shape index (κ2) is 8.37. The molecular formula is C20H17NO4S2. The van der Waals surface area contributed by atoms with Crippen LogP contribution in [0.5, 0.6) is 5.75 Å². The van der Waals surface area contributed by atoms with E-state index in [1.165, 1.54) is 18.7 Å². The van der Waals surface area contributed by atoms with Crippen molar-refractivity contribution in [3.05, 3.63) is 70.6 Å². The normalized spacial score (nSPS) is 16.6. The number of carbonyl (C=O) groups is 2. The average molecular weight is 399 g/mol. The fraction of sp³-hybridized carbons (Fsp3) is 0.150. The van der Waals surface area contributed by atoms with Crippen molar-refractivity contribution in [2.75, 3.05) is 0 Å². The summed E-state index contributed by atoms with van der Waals surface area (Å²) >= 11 is 6.61. The topological polar surface area (TPSA) is 66.8 Å². The molecule has 0 aromatic heterocycles. The number of thioether (sulfide) groups is 1. The second-order valence-corrected chi connectivity index (χ2v) is 7.60. The van der Waals surface area contributed by atoms with Crippen LogP contribution in [0.1, 0.15) is 18.1 Å². The summed E-state index contributed by atoms with van der Waals surface area (Å²) in [7, 11) is 0. The van der Waals surface area contributed by atoms with Gasteiger partial charge in [0.2, 0.25) is 0 Å². The Morgan fingerprint density at radius 2 is 2.00 bits per heavy atom. The zero-order chi connectivity index (χ0) is 19.4. The predicted molar refractivity (Wildman–Crippen MR) is 109 cm³/mol. The van der Waals surface area contributed by atoms with Crippen LogP contribution in [0.3, 0.4) is 0 Å². The number of amides is 1. The van der Waals surface area contributed by atoms with Gasteiger partial charge in [-0.3, -0.25) is 9.69 Å². The molecule has 2 aromatic rings. The predicted octanol–water partition coefficient (Wildman–Crippen LogP) is 3.94. The van der Waals surface area contributed by atoms with E-state index < -0.39 is 12.1 Å². The lowest BCUT2D eigenvalue weighted by molar-refractivity contribution is -0.144. The first-order valence-corrected chi connectivity index (χ1v) is 9.45. The number of rotatable bonds is 6. The van der Waals surface area contributed by atoms with Crippen LogP contribution in [-0.2, 0) is 16.1 Å². The number of aliphatic carboxylic acids is 1. The molecule has 2 aromatic carbocycles. The van der Waals surface area contributed by atoms with E-state index in [0.717, 1.165) is 11.1 Å². The second-order valence-electron chi connectivity index (χ2n) is 5.92. The van der Waals surface area contributed by atoms with Gasteiger partial charge in [-0.2, -0.15) is 0 Å². The monoisotopic (exact) mass is 399 g/mol. The maximum absolute atomic E-state index is 12.7. The Bertz CT molecular complexity index is 911. The summed E-state index contributed by atoms with van der Waals surface area (Å²) in [6, 6.07) is 16.6. The number of ether oxygens (including phenoxy) is 1. The van der Waals surface area contributed by atoms with Gasteiger partial charge in [0.1, 0.15) is 10.1 Å². The average Bonchev–Trinajstić information content (AvgIpc) is 2.90. The molecule has 1 N–H and O–H groups in total. The van der Waals surface area contributed by atoms with Crippen LogP contribution in [0, 0.1) is 0 Å². The van der Waals surface area contributed by atoms with Crippen molar-refractivity contribution in [3.8, 4) is 5.75 Å². The third-order valence-corrected chi connectivity index (χ3v) is 5.25. The van der Waals surface area contributed by atoms with Gasteiger partial charge in [0, 0.05) is 0 Å². The summed E-state index contributed by atoms with van der Waals surface area (Å²) in [6.07, 6.45) is 0.784. The highest BCUT2D eigenvalue weighted by Crippen LogP contribution is 2.34. The van der Waals surface area contributed by atoms with Crippen molar-refractivity contribution in [1.29, 1.82) is 0 Å². The maximum Gasteiger partial charge on any atom is 0.344 e. The molecule has 1 fully saturated rings. The molecule has 7 heteroatoms. The van der Waals surface area contributed by atoms with Crippen molar-refractivity contribution < 1.29 is 19.4 Å². The van der Waals surface area contributed by atoms with E-state index in [1.54, 1.807) is 29.2 Å². The van der Waals surface area contributed by atoms with E-state index in [-0.39, 0.29) is 5.91 Å². The molecule has 1 atom stereocenters. The molecule has 1 aliphatic rings. The molecule has 1 saturated heterocycles. The molecular weight excluding hydrogens is 382 g/mol. The largest absolute Gasteiger partial charge is 0.479 e. The molecule has 0 bridgehead atoms. The molecule has 3 rings (SSSR count). The fourth-order valence-electron chi connectivity index (χ4n) is 2.49. The van der Waals surface area contributed by atoms with Crippen LogP contribution in [0.25, 0.3) is 6.08 Å². The van der Waals surface area contributed by atoms with Crippen molar-refractivity contribution in [1.82, 2.24) is 4.90 Å². The molecule has 1 heterocycles. The minimum Gasteiger partial charge on any atom is -0.479 e. The molecule has 0 radical (unpaired) electrons. The first-order chi connectivity index (χ1) is 12.9. The molecule has 1 aliphatic heterocycles. The Kier molecular flexibility index (Phi) is 5.93. The van der Waals surface area contributed by atoms with Crippen LogP contribution in [-0.4, -0.2) is 32.3 Å². The van der Waals surface area contributed by atoms with E-state index in [9.17, 15) is 9.59 Å². The number of carboxylic acids is 1. The fourth-order valence-corrected chi connectivity index (χ4v) is 3.74. The van der Waals surface area contributed by atoms with Gasteiger partial charge in [0.15, 0.2) is 6.10 Å². The van der Waals surface area contributed by atoms with Gasteiger partial charge >= 0.3 is 5.97 Å². The van der Waals surface area contributed by atoms with Gasteiger partial charge in [-0.05, 0) is 36.3 Å². The molecule has 1 amide bonds. The van der Waals surface area contributed by atoms with Crippen LogP contribution in [0.4, 0.5) is 0 Å². The first kappa shape index (κ1) is 19.1. The maximum atomic E-state index is 12.7.